The molecule has 1 unspecified atom stereocenters. The van der Waals surface area contributed by atoms with Crippen molar-refractivity contribution in [2.24, 2.45) is 0 Å². The Morgan fingerprint density at radius 1 is 1.17 bits per heavy atom. The number of thiophene rings is 2. The lowest BCUT2D eigenvalue weighted by molar-refractivity contribution is 0.453. The standard InChI is InChI=1S/C14H18ClNS2/c1-3-10(4-2)16-14(11-6-5-9-17-11)12-7-8-13(15)18-12/h5-10,14,16H,3-4H2,1-2H3. The van der Waals surface area contributed by atoms with Crippen LogP contribution in [-0.2, 0) is 0 Å². The minimum Gasteiger partial charge on any atom is -0.302 e. The van der Waals surface area contributed by atoms with Crippen LogP contribution in [0.1, 0.15) is 42.5 Å². The molecule has 18 heavy (non-hydrogen) atoms. The van der Waals surface area contributed by atoms with E-state index in [4.69, 9.17) is 11.6 Å². The second-order valence-electron chi connectivity index (χ2n) is 4.27. The van der Waals surface area contributed by atoms with Crippen molar-refractivity contribution in [3.05, 3.63) is 43.7 Å². The lowest BCUT2D eigenvalue weighted by Gasteiger charge is -2.22. The first kappa shape index (κ1) is 14.1. The van der Waals surface area contributed by atoms with Crippen molar-refractivity contribution in [3.63, 3.8) is 0 Å². The van der Waals surface area contributed by atoms with Crippen molar-refractivity contribution in [1.29, 1.82) is 0 Å². The van der Waals surface area contributed by atoms with Crippen LogP contribution >= 0.6 is 34.3 Å². The molecule has 0 aromatic carbocycles. The Morgan fingerprint density at radius 3 is 2.44 bits per heavy atom. The first-order valence-electron chi connectivity index (χ1n) is 6.29. The fourth-order valence-corrected chi connectivity index (χ4v) is 4.02. The number of rotatable bonds is 6. The smallest absolute Gasteiger partial charge is 0.0931 e. The Hall–Kier alpha value is -0.350. The van der Waals surface area contributed by atoms with Gasteiger partial charge in [-0.3, -0.25) is 0 Å². The van der Waals surface area contributed by atoms with Gasteiger partial charge in [-0.05, 0) is 36.4 Å². The molecule has 0 saturated heterocycles. The lowest BCUT2D eigenvalue weighted by atomic mass is 10.1. The second kappa shape index (κ2) is 6.71. The van der Waals surface area contributed by atoms with E-state index in [2.05, 4.69) is 42.7 Å². The van der Waals surface area contributed by atoms with Crippen LogP contribution in [0.3, 0.4) is 0 Å². The monoisotopic (exact) mass is 299 g/mol. The van der Waals surface area contributed by atoms with Crippen LogP contribution in [0.4, 0.5) is 0 Å². The molecule has 0 saturated carbocycles. The third kappa shape index (κ3) is 3.35. The van der Waals surface area contributed by atoms with Gasteiger partial charge >= 0.3 is 0 Å². The highest BCUT2D eigenvalue weighted by molar-refractivity contribution is 7.16. The predicted octanol–water partition coefficient (Wildman–Crippen LogP) is 5.33. The van der Waals surface area contributed by atoms with Crippen LogP contribution in [-0.4, -0.2) is 6.04 Å². The van der Waals surface area contributed by atoms with E-state index in [9.17, 15) is 0 Å². The van der Waals surface area contributed by atoms with Gasteiger partial charge in [0.05, 0.1) is 10.4 Å². The molecule has 2 aromatic rings. The molecule has 0 bridgehead atoms. The van der Waals surface area contributed by atoms with Crippen LogP contribution in [0.25, 0.3) is 0 Å². The molecule has 1 N–H and O–H groups in total. The SMILES string of the molecule is CCC(CC)NC(c1cccs1)c1ccc(Cl)s1. The van der Waals surface area contributed by atoms with E-state index in [1.165, 1.54) is 9.75 Å². The van der Waals surface area contributed by atoms with Gasteiger partial charge in [0.2, 0.25) is 0 Å². The highest BCUT2D eigenvalue weighted by atomic mass is 35.5. The first-order chi connectivity index (χ1) is 8.74. The quantitative estimate of drug-likeness (QED) is 0.760. The Morgan fingerprint density at radius 2 is 1.94 bits per heavy atom. The average molecular weight is 300 g/mol. The van der Waals surface area contributed by atoms with Crippen LogP contribution in [0.2, 0.25) is 4.34 Å². The van der Waals surface area contributed by atoms with Gasteiger partial charge in [0, 0.05) is 15.8 Å². The molecule has 0 fully saturated rings. The zero-order valence-corrected chi connectivity index (χ0v) is 13.0. The number of hydrogen-bond acceptors (Lipinski definition) is 3. The van der Waals surface area contributed by atoms with Gasteiger partial charge in [0.25, 0.3) is 0 Å². The summed E-state index contributed by atoms with van der Waals surface area (Å²) in [7, 11) is 0. The zero-order valence-electron chi connectivity index (χ0n) is 10.7. The largest absolute Gasteiger partial charge is 0.302 e. The maximum Gasteiger partial charge on any atom is 0.0931 e. The van der Waals surface area contributed by atoms with E-state index >= 15 is 0 Å². The predicted molar refractivity (Wildman–Crippen MR) is 83.0 cm³/mol. The summed E-state index contributed by atoms with van der Waals surface area (Å²) in [4.78, 5) is 2.66. The third-order valence-electron chi connectivity index (χ3n) is 3.09. The highest BCUT2D eigenvalue weighted by Crippen LogP contribution is 2.33. The van der Waals surface area contributed by atoms with Crippen LogP contribution in [0, 0.1) is 0 Å². The first-order valence-corrected chi connectivity index (χ1v) is 8.36. The molecule has 0 radical (unpaired) electrons. The molecule has 2 aromatic heterocycles. The van der Waals surface area contributed by atoms with E-state index in [0.29, 0.717) is 6.04 Å². The Labute approximate surface area is 122 Å². The number of nitrogens with one attached hydrogen (secondary N) is 1. The minimum absolute atomic E-state index is 0.285. The van der Waals surface area contributed by atoms with Crippen molar-refractivity contribution in [2.45, 2.75) is 38.8 Å². The molecule has 98 valence electrons. The van der Waals surface area contributed by atoms with Gasteiger partial charge in [0.1, 0.15) is 0 Å². The third-order valence-corrected chi connectivity index (χ3v) is 5.33. The van der Waals surface area contributed by atoms with Gasteiger partial charge in [0.15, 0.2) is 0 Å². The van der Waals surface area contributed by atoms with Crippen molar-refractivity contribution in [2.75, 3.05) is 0 Å². The molecule has 0 spiro atoms. The molecule has 4 heteroatoms. The van der Waals surface area contributed by atoms with Crippen LogP contribution in [0.15, 0.2) is 29.6 Å². The topological polar surface area (TPSA) is 12.0 Å². The summed E-state index contributed by atoms with van der Waals surface area (Å²) in [6.45, 7) is 4.46. The summed E-state index contributed by atoms with van der Waals surface area (Å²) in [5, 5.41) is 5.88. The molecule has 0 aliphatic carbocycles. The highest BCUT2D eigenvalue weighted by Gasteiger charge is 2.19. The molecule has 0 aliphatic rings. The minimum atomic E-state index is 0.285. The summed E-state index contributed by atoms with van der Waals surface area (Å²) in [5.41, 5.74) is 0. The number of hydrogen-bond donors (Lipinski definition) is 1. The van der Waals surface area contributed by atoms with Crippen molar-refractivity contribution in [1.82, 2.24) is 5.32 Å². The van der Waals surface area contributed by atoms with E-state index in [1.54, 1.807) is 22.7 Å². The van der Waals surface area contributed by atoms with Gasteiger partial charge in [-0.25, -0.2) is 0 Å². The zero-order chi connectivity index (χ0) is 13.0. The Bertz CT molecular complexity index is 460. The van der Waals surface area contributed by atoms with Crippen LogP contribution in [0.5, 0.6) is 0 Å². The fourth-order valence-electron chi connectivity index (χ4n) is 2.00. The van der Waals surface area contributed by atoms with Gasteiger partial charge in [-0.1, -0.05) is 31.5 Å². The van der Waals surface area contributed by atoms with Crippen molar-refractivity contribution < 1.29 is 0 Å². The van der Waals surface area contributed by atoms with E-state index in [-0.39, 0.29) is 6.04 Å². The lowest BCUT2D eigenvalue weighted by Crippen LogP contribution is -2.31. The van der Waals surface area contributed by atoms with Crippen molar-refractivity contribution in [3.8, 4) is 0 Å². The number of halogens is 1. The molecule has 0 aliphatic heterocycles. The maximum absolute atomic E-state index is 6.06. The second-order valence-corrected chi connectivity index (χ2v) is 7.00. The van der Waals surface area contributed by atoms with Gasteiger partial charge in [-0.2, -0.15) is 0 Å². The summed E-state index contributed by atoms with van der Waals surface area (Å²) in [5.74, 6) is 0. The van der Waals surface area contributed by atoms with E-state index in [0.717, 1.165) is 17.2 Å². The summed E-state index contributed by atoms with van der Waals surface area (Å²) >= 11 is 9.53. The van der Waals surface area contributed by atoms with Crippen LogP contribution < -0.4 is 5.32 Å². The van der Waals surface area contributed by atoms with E-state index in [1.807, 2.05) is 6.07 Å². The molecule has 0 amide bonds. The molecular weight excluding hydrogens is 282 g/mol. The fraction of sp³-hybridized carbons (Fsp3) is 0.429. The summed E-state index contributed by atoms with van der Waals surface area (Å²) < 4.78 is 0.859. The van der Waals surface area contributed by atoms with E-state index < -0.39 is 0 Å². The van der Waals surface area contributed by atoms with Crippen molar-refractivity contribution >= 4 is 34.3 Å². The summed E-state index contributed by atoms with van der Waals surface area (Å²) in [6, 6.07) is 9.25. The normalized spacial score (nSPS) is 13.1. The molecular formula is C14H18ClNS2. The van der Waals surface area contributed by atoms with Gasteiger partial charge < -0.3 is 5.32 Å². The Balaban J connectivity index is 2.23. The molecule has 1 nitrogen and oxygen atoms in total. The maximum atomic E-state index is 6.06. The molecule has 2 rings (SSSR count). The molecule has 2 heterocycles. The molecule has 1 atom stereocenters. The average Bonchev–Trinajstić information content (AvgIpc) is 3.02. The van der Waals surface area contributed by atoms with Gasteiger partial charge in [-0.15, -0.1) is 22.7 Å². The summed E-state index contributed by atoms with van der Waals surface area (Å²) in [6.07, 6.45) is 2.30. The Kier molecular flexibility index (Phi) is 5.25.